The van der Waals surface area contributed by atoms with Crippen molar-refractivity contribution >= 4 is 11.9 Å². The Kier molecular flexibility index (Phi) is 16.9. The summed E-state index contributed by atoms with van der Waals surface area (Å²) in [6.07, 6.45) is -0.593. The van der Waals surface area contributed by atoms with Crippen LogP contribution in [-0.2, 0) is 9.59 Å². The summed E-state index contributed by atoms with van der Waals surface area (Å²) in [5.74, 6) is -2.15. The first-order valence-corrected chi connectivity index (χ1v) is 2.06. The molecule has 0 atom stereocenters. The van der Waals surface area contributed by atoms with Crippen LogP contribution >= 0.6 is 0 Å². The van der Waals surface area contributed by atoms with Gasteiger partial charge in [-0.3, -0.25) is 9.59 Å². The van der Waals surface area contributed by atoms with Gasteiger partial charge in [-0.2, -0.15) is 0 Å². The first kappa shape index (κ1) is 17.1. The second kappa shape index (κ2) is 9.87. The molecule has 0 aliphatic rings. The van der Waals surface area contributed by atoms with E-state index in [0.717, 1.165) is 0 Å². The molecule has 2 N–H and O–H groups in total. The van der Waals surface area contributed by atoms with Gasteiger partial charge >= 0.3 is 63.3 Å². The summed E-state index contributed by atoms with van der Waals surface area (Å²) in [4.78, 5) is 19.3. The zero-order valence-electron chi connectivity index (χ0n) is 5.50. The van der Waals surface area contributed by atoms with Crippen molar-refractivity contribution in [1.82, 2.24) is 0 Å². The van der Waals surface area contributed by atoms with Crippen LogP contribution in [0.15, 0.2) is 0 Å². The van der Waals surface area contributed by atoms with Gasteiger partial charge < -0.3 is 22.6 Å². The Bertz CT molecular complexity index is 102. The molecule has 4 nitrogen and oxygen atoms in total. The van der Waals surface area contributed by atoms with Gasteiger partial charge in [0.05, 0.1) is 12.8 Å². The molecule has 0 aromatic heterocycles. The van der Waals surface area contributed by atoms with E-state index in [4.69, 9.17) is 10.2 Å². The van der Waals surface area contributed by atoms with E-state index in [-0.39, 0.29) is 76.6 Å². The van der Waals surface area contributed by atoms with Crippen LogP contribution < -0.4 is 63.8 Å². The smallest absolute Gasteiger partial charge is 1.00 e. The Hall–Kier alpha value is 0.866. The van der Waals surface area contributed by atoms with Gasteiger partial charge in [-0.1, -0.05) is 0 Å². The number of hydrogen-bond acceptors (Lipinski definition) is 2. The second-order valence-corrected chi connectivity index (χ2v) is 1.29. The van der Waals surface area contributed by atoms with Crippen molar-refractivity contribution in [3.8, 4) is 0 Å². The molecule has 0 aromatic carbocycles. The summed E-state index contributed by atoms with van der Waals surface area (Å²) in [6.45, 7) is 0. The average molecular weight is 193 g/mol. The number of rotatable bonds is 3. The molecule has 0 radical (unpaired) electrons. The summed E-state index contributed by atoms with van der Waals surface area (Å²) in [5.41, 5.74) is 0. The molecule has 0 aliphatic carbocycles. The van der Waals surface area contributed by atoms with Crippen LogP contribution in [0.4, 0.5) is 0 Å². The van der Waals surface area contributed by atoms with Gasteiger partial charge in [0.2, 0.25) is 0 Å². The molecule has 0 aliphatic heterocycles. The standard InChI is InChI=1S/C4H6O4.ClH.K/c5-3(6)1-2-4(7)8;;/h1-2H2,(H,5,6)(H,7,8);1H;/q;;+1/p-1. The van der Waals surface area contributed by atoms with Crippen molar-refractivity contribution in [2.45, 2.75) is 12.8 Å². The summed E-state index contributed by atoms with van der Waals surface area (Å²) in [7, 11) is 0. The van der Waals surface area contributed by atoms with Crippen LogP contribution in [0.2, 0.25) is 0 Å². The largest absolute Gasteiger partial charge is 1.00 e. The minimum atomic E-state index is -1.08. The maximum atomic E-state index is 9.64. The van der Waals surface area contributed by atoms with Crippen LogP contribution in [0.5, 0.6) is 0 Å². The molecule has 6 heteroatoms. The van der Waals surface area contributed by atoms with E-state index in [9.17, 15) is 9.59 Å². The molecule has 0 saturated carbocycles. The molecule has 10 heavy (non-hydrogen) atoms. The summed E-state index contributed by atoms with van der Waals surface area (Å²) >= 11 is 0. The Balaban J connectivity index is -0.000000245. The zero-order valence-corrected chi connectivity index (χ0v) is 9.38. The summed E-state index contributed by atoms with van der Waals surface area (Å²) < 4.78 is 0. The fraction of sp³-hybridized carbons (Fsp3) is 0.500. The minimum absolute atomic E-state index is 0. The van der Waals surface area contributed by atoms with Gasteiger partial charge in [0, 0.05) is 0 Å². The van der Waals surface area contributed by atoms with E-state index in [1.54, 1.807) is 0 Å². The van der Waals surface area contributed by atoms with Crippen LogP contribution in [0.3, 0.4) is 0 Å². The maximum absolute atomic E-state index is 9.64. The third-order valence-corrected chi connectivity index (χ3v) is 0.553. The quantitative estimate of drug-likeness (QED) is 0.437. The number of carboxylic acids is 2. The fourth-order valence-corrected chi connectivity index (χ4v) is 0.214. The number of carbonyl (C=O) groups is 2. The SMILES string of the molecule is O=C(O)CCC(=O)O.[Cl-].[K+]. The number of carboxylic acid groups (broad SMARTS) is 2. The number of halogens is 1. The van der Waals surface area contributed by atoms with Crippen LogP contribution in [-0.4, -0.2) is 22.2 Å². The molecule has 0 saturated heterocycles. The van der Waals surface area contributed by atoms with E-state index in [1.165, 1.54) is 0 Å². The molecule has 0 fully saturated rings. The van der Waals surface area contributed by atoms with Gasteiger partial charge in [-0.15, -0.1) is 0 Å². The van der Waals surface area contributed by atoms with Gasteiger partial charge in [-0.25, -0.2) is 0 Å². The van der Waals surface area contributed by atoms with E-state index in [0.29, 0.717) is 0 Å². The maximum Gasteiger partial charge on any atom is 1.00 e. The van der Waals surface area contributed by atoms with Crippen molar-refractivity contribution in [3.05, 3.63) is 0 Å². The third kappa shape index (κ3) is 15.9. The average Bonchev–Trinajstić information content (AvgIpc) is 1.61. The molecule has 0 amide bonds. The normalized spacial score (nSPS) is 6.80. The topological polar surface area (TPSA) is 74.6 Å². The predicted molar refractivity (Wildman–Crippen MR) is 24.5 cm³/mol. The molecular formula is C4H6ClKO4. The van der Waals surface area contributed by atoms with Gasteiger partial charge in [0.15, 0.2) is 0 Å². The van der Waals surface area contributed by atoms with Gasteiger partial charge in [0.1, 0.15) is 0 Å². The number of hydrogen-bond donors (Lipinski definition) is 2. The predicted octanol–water partition coefficient (Wildman–Crippen LogP) is -6.06. The van der Waals surface area contributed by atoms with Crippen molar-refractivity contribution in [3.63, 3.8) is 0 Å². The van der Waals surface area contributed by atoms with Gasteiger partial charge in [0.25, 0.3) is 0 Å². The Labute approximate surface area is 107 Å². The molecule has 0 bridgehead atoms. The first-order valence-electron chi connectivity index (χ1n) is 2.06. The Morgan fingerprint density at radius 3 is 1.30 bits per heavy atom. The molecule has 0 unspecified atom stereocenters. The second-order valence-electron chi connectivity index (χ2n) is 1.29. The molecule has 54 valence electrons. The van der Waals surface area contributed by atoms with Crippen LogP contribution in [0.25, 0.3) is 0 Å². The molecule has 0 spiro atoms. The fourth-order valence-electron chi connectivity index (χ4n) is 0.214. The molecular weight excluding hydrogens is 187 g/mol. The zero-order chi connectivity index (χ0) is 6.57. The monoisotopic (exact) mass is 192 g/mol. The van der Waals surface area contributed by atoms with Gasteiger partial charge in [-0.05, 0) is 0 Å². The minimum Gasteiger partial charge on any atom is -1.00 e. The van der Waals surface area contributed by atoms with Crippen molar-refractivity contribution in [2.75, 3.05) is 0 Å². The van der Waals surface area contributed by atoms with Crippen LogP contribution in [0.1, 0.15) is 12.8 Å². The Morgan fingerprint density at radius 1 is 1.00 bits per heavy atom. The first-order chi connectivity index (χ1) is 3.63. The molecule has 0 heterocycles. The molecule has 0 rings (SSSR count). The third-order valence-electron chi connectivity index (χ3n) is 0.553. The molecule has 0 aromatic rings. The van der Waals surface area contributed by atoms with Crippen molar-refractivity contribution < 1.29 is 83.6 Å². The van der Waals surface area contributed by atoms with Crippen LogP contribution in [0, 0.1) is 0 Å². The van der Waals surface area contributed by atoms with E-state index in [2.05, 4.69) is 0 Å². The van der Waals surface area contributed by atoms with E-state index in [1.807, 2.05) is 0 Å². The van der Waals surface area contributed by atoms with Crippen molar-refractivity contribution in [2.24, 2.45) is 0 Å². The van der Waals surface area contributed by atoms with Crippen molar-refractivity contribution in [1.29, 1.82) is 0 Å². The number of aliphatic carboxylic acids is 2. The summed E-state index contributed by atoms with van der Waals surface area (Å²) in [5, 5.41) is 15.8. The van der Waals surface area contributed by atoms with E-state index < -0.39 is 11.9 Å². The van der Waals surface area contributed by atoms with E-state index >= 15 is 0 Å². The summed E-state index contributed by atoms with van der Waals surface area (Å²) in [6, 6.07) is 0. The Morgan fingerprint density at radius 2 is 1.20 bits per heavy atom.